The van der Waals surface area contributed by atoms with Gasteiger partial charge >= 0.3 is 5.97 Å². The molecule has 0 aromatic carbocycles. The molecule has 0 aromatic rings. The van der Waals surface area contributed by atoms with E-state index in [1.54, 1.807) is 0 Å². The lowest BCUT2D eigenvalue weighted by Gasteiger charge is -2.17. The van der Waals surface area contributed by atoms with Gasteiger partial charge in [-0.25, -0.2) is 0 Å². The molecule has 1 heterocycles. The van der Waals surface area contributed by atoms with Crippen molar-refractivity contribution in [1.82, 2.24) is 0 Å². The molecule has 1 fully saturated rings. The highest BCUT2D eigenvalue weighted by Gasteiger charge is 2.28. The van der Waals surface area contributed by atoms with Crippen molar-refractivity contribution in [2.75, 3.05) is 19.8 Å². The second kappa shape index (κ2) is 4.42. The molecule has 0 aromatic heterocycles. The van der Waals surface area contributed by atoms with Crippen molar-refractivity contribution in [1.29, 1.82) is 0 Å². The Morgan fingerprint density at radius 1 is 1.50 bits per heavy atom. The van der Waals surface area contributed by atoms with Gasteiger partial charge in [0.25, 0.3) is 0 Å². The van der Waals surface area contributed by atoms with E-state index < -0.39 is 5.97 Å². The summed E-state index contributed by atoms with van der Waals surface area (Å²) in [4.78, 5) is 10.8. The molecule has 2 atom stereocenters. The highest BCUT2D eigenvalue weighted by atomic mass is 16.5. The summed E-state index contributed by atoms with van der Waals surface area (Å²) in [6.07, 6.45) is 1.37. The van der Waals surface area contributed by atoms with Gasteiger partial charge in [-0.2, -0.15) is 0 Å². The molecule has 0 radical (unpaired) electrons. The van der Waals surface area contributed by atoms with E-state index in [-0.39, 0.29) is 11.8 Å². The van der Waals surface area contributed by atoms with E-state index in [0.29, 0.717) is 26.2 Å². The molecule has 0 saturated carbocycles. The van der Waals surface area contributed by atoms with Gasteiger partial charge in [-0.1, -0.05) is 0 Å². The summed E-state index contributed by atoms with van der Waals surface area (Å²) in [5.74, 6) is -0.960. The molecular weight excluding hydrogens is 158 g/mol. The first-order valence-electron chi connectivity index (χ1n) is 4.26. The third kappa shape index (κ3) is 2.19. The Bertz CT molecular complexity index is 160. The van der Waals surface area contributed by atoms with Crippen LogP contribution >= 0.6 is 0 Å². The molecule has 1 aliphatic heterocycles. The van der Waals surface area contributed by atoms with Crippen LogP contribution in [-0.2, 0) is 9.53 Å². The third-order valence-corrected chi connectivity index (χ3v) is 2.40. The molecule has 1 rings (SSSR count). The smallest absolute Gasteiger partial charge is 0.306 e. The molecule has 0 aliphatic carbocycles. The van der Waals surface area contributed by atoms with Crippen molar-refractivity contribution in [2.45, 2.75) is 12.8 Å². The predicted octanol–water partition coefficient (Wildman–Crippen LogP) is 0.0725. The number of rotatable bonds is 2. The van der Waals surface area contributed by atoms with Crippen LogP contribution < -0.4 is 5.73 Å². The van der Waals surface area contributed by atoms with Crippen LogP contribution in [0.2, 0.25) is 0 Å². The lowest BCUT2D eigenvalue weighted by atomic mass is 9.88. The second-order valence-corrected chi connectivity index (χ2v) is 3.13. The van der Waals surface area contributed by atoms with Crippen LogP contribution in [0.3, 0.4) is 0 Å². The monoisotopic (exact) mass is 173 g/mol. The Morgan fingerprint density at radius 3 is 2.75 bits per heavy atom. The molecule has 0 spiro atoms. The molecule has 70 valence electrons. The second-order valence-electron chi connectivity index (χ2n) is 3.13. The third-order valence-electron chi connectivity index (χ3n) is 2.40. The number of aliphatic carboxylic acids is 1. The van der Waals surface area contributed by atoms with E-state index in [4.69, 9.17) is 15.6 Å². The Labute approximate surface area is 71.7 Å². The van der Waals surface area contributed by atoms with E-state index in [2.05, 4.69) is 0 Å². The molecule has 3 N–H and O–H groups in total. The molecule has 0 bridgehead atoms. The molecule has 1 saturated heterocycles. The molecule has 1 aliphatic rings. The largest absolute Gasteiger partial charge is 0.481 e. The molecule has 4 nitrogen and oxygen atoms in total. The normalized spacial score (nSPS) is 31.1. The molecule has 0 unspecified atom stereocenters. The van der Waals surface area contributed by atoms with Gasteiger partial charge in [0.15, 0.2) is 0 Å². The fraction of sp³-hybridized carbons (Fsp3) is 0.875. The van der Waals surface area contributed by atoms with Crippen LogP contribution in [0, 0.1) is 11.8 Å². The first-order valence-corrected chi connectivity index (χ1v) is 4.26. The van der Waals surface area contributed by atoms with E-state index in [9.17, 15) is 4.79 Å². The summed E-state index contributed by atoms with van der Waals surface area (Å²) in [6, 6.07) is 0. The summed E-state index contributed by atoms with van der Waals surface area (Å²) in [5.41, 5.74) is 5.48. The topological polar surface area (TPSA) is 72.5 Å². The number of hydrogen-bond donors (Lipinski definition) is 2. The number of carboxylic acids is 1. The Hall–Kier alpha value is -0.610. The van der Waals surface area contributed by atoms with Crippen LogP contribution in [0.4, 0.5) is 0 Å². The van der Waals surface area contributed by atoms with Crippen molar-refractivity contribution in [2.24, 2.45) is 17.6 Å². The minimum Gasteiger partial charge on any atom is -0.481 e. The van der Waals surface area contributed by atoms with Crippen molar-refractivity contribution in [3.05, 3.63) is 0 Å². The van der Waals surface area contributed by atoms with E-state index >= 15 is 0 Å². The van der Waals surface area contributed by atoms with Gasteiger partial charge < -0.3 is 15.6 Å². The quantitative estimate of drug-likeness (QED) is 0.620. The van der Waals surface area contributed by atoms with Gasteiger partial charge in [0.2, 0.25) is 0 Å². The van der Waals surface area contributed by atoms with Crippen LogP contribution in [-0.4, -0.2) is 30.8 Å². The van der Waals surface area contributed by atoms with Gasteiger partial charge in [-0.15, -0.1) is 0 Å². The molecule has 4 heteroatoms. The maximum Gasteiger partial charge on any atom is 0.306 e. The summed E-state index contributed by atoms with van der Waals surface area (Å²) in [7, 11) is 0. The minimum atomic E-state index is -0.740. The number of ether oxygens (including phenoxy) is 1. The summed E-state index contributed by atoms with van der Waals surface area (Å²) in [5, 5.41) is 8.85. The predicted molar refractivity (Wildman–Crippen MR) is 43.7 cm³/mol. The number of nitrogens with two attached hydrogens (primary N) is 1. The van der Waals surface area contributed by atoms with E-state index in [0.717, 1.165) is 6.42 Å². The molecule has 12 heavy (non-hydrogen) atoms. The molecular formula is C8H15NO3. The van der Waals surface area contributed by atoms with Gasteiger partial charge in [0, 0.05) is 13.2 Å². The maximum atomic E-state index is 10.8. The average molecular weight is 173 g/mol. The molecule has 0 amide bonds. The fourth-order valence-corrected chi connectivity index (χ4v) is 1.59. The first-order chi connectivity index (χ1) is 5.75. The Kier molecular flexibility index (Phi) is 3.49. The first kappa shape index (κ1) is 9.48. The van der Waals surface area contributed by atoms with Gasteiger partial charge in [-0.05, 0) is 25.3 Å². The Balaban J connectivity index is 2.57. The minimum absolute atomic E-state index is 0.0880. The summed E-state index contributed by atoms with van der Waals surface area (Å²) in [6.45, 7) is 1.64. The van der Waals surface area contributed by atoms with Crippen molar-refractivity contribution < 1.29 is 14.6 Å². The van der Waals surface area contributed by atoms with Crippen molar-refractivity contribution >= 4 is 5.97 Å². The van der Waals surface area contributed by atoms with Crippen LogP contribution in [0.15, 0.2) is 0 Å². The summed E-state index contributed by atoms with van der Waals surface area (Å²) >= 11 is 0. The van der Waals surface area contributed by atoms with Crippen LogP contribution in [0.1, 0.15) is 12.8 Å². The van der Waals surface area contributed by atoms with Gasteiger partial charge in [-0.3, -0.25) is 4.79 Å². The van der Waals surface area contributed by atoms with E-state index in [1.165, 1.54) is 0 Å². The lowest BCUT2D eigenvalue weighted by Crippen LogP contribution is -2.29. The zero-order chi connectivity index (χ0) is 8.97. The Morgan fingerprint density at radius 2 is 2.17 bits per heavy atom. The van der Waals surface area contributed by atoms with Gasteiger partial charge in [0.1, 0.15) is 0 Å². The SMILES string of the molecule is NC[C@@H]1CCOCC[C@H]1C(=O)O. The summed E-state index contributed by atoms with van der Waals surface area (Å²) < 4.78 is 5.19. The number of hydrogen-bond acceptors (Lipinski definition) is 3. The van der Waals surface area contributed by atoms with Gasteiger partial charge in [0.05, 0.1) is 5.92 Å². The highest BCUT2D eigenvalue weighted by Crippen LogP contribution is 2.22. The number of carboxylic acid groups (broad SMARTS) is 1. The van der Waals surface area contributed by atoms with Crippen molar-refractivity contribution in [3.63, 3.8) is 0 Å². The van der Waals surface area contributed by atoms with Crippen LogP contribution in [0.25, 0.3) is 0 Å². The van der Waals surface area contributed by atoms with Crippen molar-refractivity contribution in [3.8, 4) is 0 Å². The van der Waals surface area contributed by atoms with Crippen LogP contribution in [0.5, 0.6) is 0 Å². The fourth-order valence-electron chi connectivity index (χ4n) is 1.59. The highest BCUT2D eigenvalue weighted by molar-refractivity contribution is 5.70. The average Bonchev–Trinajstić information content (AvgIpc) is 2.27. The lowest BCUT2D eigenvalue weighted by molar-refractivity contribution is -0.143. The zero-order valence-corrected chi connectivity index (χ0v) is 7.03. The maximum absolute atomic E-state index is 10.8. The zero-order valence-electron chi connectivity index (χ0n) is 7.03. The standard InChI is InChI=1S/C8H15NO3/c9-5-6-1-3-12-4-2-7(6)8(10)11/h6-7H,1-5,9H2,(H,10,11)/t6-,7+/m0/s1. The number of carbonyl (C=O) groups is 1. The van der Waals surface area contributed by atoms with E-state index in [1.807, 2.05) is 0 Å².